The molecule has 17 heavy (non-hydrogen) atoms. The number of carbonyl (C=O) groups excluding carboxylic acids is 1. The lowest BCUT2D eigenvalue weighted by Crippen LogP contribution is -2.30. The van der Waals surface area contributed by atoms with Crippen LogP contribution in [0.3, 0.4) is 0 Å². The van der Waals surface area contributed by atoms with Crippen LogP contribution in [0, 0.1) is 0 Å². The Kier molecular flexibility index (Phi) is 4.13. The third-order valence-corrected chi connectivity index (χ3v) is 3.77. The quantitative estimate of drug-likeness (QED) is 0.796. The van der Waals surface area contributed by atoms with Gasteiger partial charge in [-0.15, -0.1) is 11.7 Å². The molecule has 1 aliphatic heterocycles. The summed E-state index contributed by atoms with van der Waals surface area (Å²) in [5, 5.41) is 14.9. The highest BCUT2D eigenvalue weighted by Crippen LogP contribution is 2.25. The predicted octanol–water partition coefficient (Wildman–Crippen LogP) is 0.620. The second-order valence-corrected chi connectivity index (χ2v) is 5.00. The number of thioether (sulfide) groups is 1. The molecule has 1 atom stereocenters. The van der Waals surface area contributed by atoms with E-state index in [-0.39, 0.29) is 11.2 Å². The Bertz CT molecular complexity index is 405. The Labute approximate surface area is 104 Å². The molecule has 1 amide bonds. The van der Waals surface area contributed by atoms with Gasteiger partial charge in [-0.3, -0.25) is 4.79 Å². The van der Waals surface area contributed by atoms with Gasteiger partial charge in [0.2, 0.25) is 11.1 Å². The summed E-state index contributed by atoms with van der Waals surface area (Å²) >= 11 is 1.43. The fourth-order valence-electron chi connectivity index (χ4n) is 1.67. The van der Waals surface area contributed by atoms with Gasteiger partial charge >= 0.3 is 0 Å². The van der Waals surface area contributed by atoms with E-state index in [1.54, 1.807) is 10.8 Å². The van der Waals surface area contributed by atoms with Crippen LogP contribution in [0.15, 0.2) is 17.8 Å². The smallest absolute Gasteiger partial charge is 0.233 e. The topological polar surface area (TPSA) is 72.7 Å². The minimum Gasteiger partial charge on any atom is -0.355 e. The first-order valence-corrected chi connectivity index (χ1v) is 6.50. The average Bonchev–Trinajstić information content (AvgIpc) is 2.64. The number of hydrogen-bond donors (Lipinski definition) is 1. The molecule has 1 aliphatic rings. The zero-order valence-corrected chi connectivity index (χ0v) is 10.3. The highest BCUT2D eigenvalue weighted by molar-refractivity contribution is 8.00. The standard InChI is InChI=1S/C10H15N5OS/c1-2-7-15-10(12-13-14-15)17-8-5-3-4-6-11-9(8)16/h2,8H,1,3-7H2,(H,11,16)/t8-/m0/s1. The molecule has 1 fully saturated rings. The number of amides is 1. The van der Waals surface area contributed by atoms with Gasteiger partial charge in [0, 0.05) is 6.54 Å². The van der Waals surface area contributed by atoms with Crippen molar-refractivity contribution in [3.8, 4) is 0 Å². The number of nitrogens with zero attached hydrogens (tertiary/aromatic N) is 4. The van der Waals surface area contributed by atoms with Gasteiger partial charge in [0.15, 0.2) is 0 Å². The van der Waals surface area contributed by atoms with Crippen molar-refractivity contribution in [2.75, 3.05) is 6.54 Å². The van der Waals surface area contributed by atoms with E-state index in [0.29, 0.717) is 11.7 Å². The average molecular weight is 253 g/mol. The Morgan fingerprint density at radius 1 is 1.59 bits per heavy atom. The summed E-state index contributed by atoms with van der Waals surface area (Å²) in [4.78, 5) is 11.8. The van der Waals surface area contributed by atoms with E-state index in [9.17, 15) is 4.79 Å². The van der Waals surface area contributed by atoms with Gasteiger partial charge in [0.1, 0.15) is 0 Å². The van der Waals surface area contributed by atoms with E-state index in [2.05, 4.69) is 27.4 Å². The van der Waals surface area contributed by atoms with Crippen molar-refractivity contribution in [1.82, 2.24) is 25.5 Å². The first kappa shape index (κ1) is 12.1. The van der Waals surface area contributed by atoms with E-state index in [4.69, 9.17) is 0 Å². The molecule has 7 heteroatoms. The number of carbonyl (C=O) groups is 1. The SMILES string of the molecule is C=CCn1nnnc1S[C@H]1CCCCNC1=O. The molecule has 0 spiro atoms. The molecule has 0 radical (unpaired) electrons. The minimum atomic E-state index is -0.0907. The molecule has 2 rings (SSSR count). The molecule has 0 aliphatic carbocycles. The van der Waals surface area contributed by atoms with E-state index >= 15 is 0 Å². The van der Waals surface area contributed by atoms with Gasteiger partial charge in [-0.1, -0.05) is 24.3 Å². The summed E-state index contributed by atoms with van der Waals surface area (Å²) in [5.74, 6) is 0.0839. The molecule has 1 aromatic heterocycles. The third kappa shape index (κ3) is 3.06. The van der Waals surface area contributed by atoms with Crippen LogP contribution in [0.25, 0.3) is 0 Å². The van der Waals surface area contributed by atoms with Gasteiger partial charge in [-0.05, 0) is 23.3 Å². The third-order valence-electron chi connectivity index (χ3n) is 2.53. The molecular weight excluding hydrogens is 238 g/mol. The summed E-state index contributed by atoms with van der Waals surface area (Å²) < 4.78 is 1.65. The zero-order chi connectivity index (χ0) is 12.1. The molecule has 0 saturated carbocycles. The first-order valence-electron chi connectivity index (χ1n) is 5.62. The predicted molar refractivity (Wildman–Crippen MR) is 64.5 cm³/mol. The molecule has 1 saturated heterocycles. The van der Waals surface area contributed by atoms with Crippen molar-refractivity contribution in [3.05, 3.63) is 12.7 Å². The van der Waals surface area contributed by atoms with Gasteiger partial charge < -0.3 is 5.32 Å². The van der Waals surface area contributed by atoms with E-state index in [1.807, 2.05) is 0 Å². The van der Waals surface area contributed by atoms with E-state index < -0.39 is 0 Å². The van der Waals surface area contributed by atoms with Crippen LogP contribution in [0.1, 0.15) is 19.3 Å². The minimum absolute atomic E-state index is 0.0839. The Balaban J connectivity index is 2.05. The number of tetrazole rings is 1. The molecular formula is C10H15N5OS. The Hall–Kier alpha value is -1.37. The molecule has 1 N–H and O–H groups in total. The van der Waals surface area contributed by atoms with Gasteiger partial charge in [0.05, 0.1) is 11.8 Å². The summed E-state index contributed by atoms with van der Waals surface area (Å²) in [5.41, 5.74) is 0. The molecule has 0 aromatic carbocycles. The van der Waals surface area contributed by atoms with Gasteiger partial charge in [0.25, 0.3) is 0 Å². The number of rotatable bonds is 4. The number of aromatic nitrogens is 4. The summed E-state index contributed by atoms with van der Waals surface area (Å²) in [7, 11) is 0. The maximum absolute atomic E-state index is 11.8. The van der Waals surface area contributed by atoms with Crippen molar-refractivity contribution in [2.24, 2.45) is 0 Å². The van der Waals surface area contributed by atoms with Gasteiger partial charge in [-0.2, -0.15) is 0 Å². The van der Waals surface area contributed by atoms with Crippen molar-refractivity contribution in [3.63, 3.8) is 0 Å². The van der Waals surface area contributed by atoms with Crippen molar-refractivity contribution < 1.29 is 4.79 Å². The highest BCUT2D eigenvalue weighted by atomic mass is 32.2. The maximum atomic E-state index is 11.8. The van der Waals surface area contributed by atoms with Crippen LogP contribution in [0.2, 0.25) is 0 Å². The van der Waals surface area contributed by atoms with Crippen LogP contribution < -0.4 is 5.32 Å². The Morgan fingerprint density at radius 3 is 3.29 bits per heavy atom. The molecule has 0 unspecified atom stereocenters. The van der Waals surface area contributed by atoms with Crippen LogP contribution >= 0.6 is 11.8 Å². The van der Waals surface area contributed by atoms with Crippen molar-refractivity contribution >= 4 is 17.7 Å². The summed E-state index contributed by atoms with van der Waals surface area (Å²) in [6.45, 7) is 4.98. The van der Waals surface area contributed by atoms with Gasteiger partial charge in [-0.25, -0.2) is 4.68 Å². The van der Waals surface area contributed by atoms with Crippen LogP contribution in [0.4, 0.5) is 0 Å². The molecule has 6 nitrogen and oxygen atoms in total. The second-order valence-electron chi connectivity index (χ2n) is 3.83. The van der Waals surface area contributed by atoms with E-state index in [1.165, 1.54) is 11.8 Å². The maximum Gasteiger partial charge on any atom is 0.233 e. The molecule has 0 bridgehead atoms. The number of allylic oxidation sites excluding steroid dienone is 1. The second kappa shape index (κ2) is 5.81. The normalized spacial score (nSPS) is 20.7. The highest BCUT2D eigenvalue weighted by Gasteiger charge is 2.24. The zero-order valence-electron chi connectivity index (χ0n) is 9.50. The van der Waals surface area contributed by atoms with Crippen LogP contribution in [-0.4, -0.2) is 37.9 Å². The number of nitrogens with one attached hydrogen (secondary N) is 1. The monoisotopic (exact) mass is 253 g/mol. The first-order chi connectivity index (χ1) is 8.31. The fourth-order valence-corrected chi connectivity index (χ4v) is 2.71. The lowest BCUT2D eigenvalue weighted by Gasteiger charge is -2.11. The lowest BCUT2D eigenvalue weighted by molar-refractivity contribution is -0.120. The fraction of sp³-hybridized carbons (Fsp3) is 0.600. The lowest BCUT2D eigenvalue weighted by atomic mass is 10.2. The number of hydrogen-bond acceptors (Lipinski definition) is 5. The molecule has 92 valence electrons. The summed E-state index contributed by atoms with van der Waals surface area (Å²) in [6, 6.07) is 0. The molecule has 1 aromatic rings. The largest absolute Gasteiger partial charge is 0.355 e. The van der Waals surface area contributed by atoms with Crippen LogP contribution in [0.5, 0.6) is 0 Å². The van der Waals surface area contributed by atoms with E-state index in [0.717, 1.165) is 25.8 Å². The Morgan fingerprint density at radius 2 is 2.47 bits per heavy atom. The van der Waals surface area contributed by atoms with Crippen LogP contribution in [-0.2, 0) is 11.3 Å². The summed E-state index contributed by atoms with van der Waals surface area (Å²) in [6.07, 6.45) is 4.70. The molecule has 2 heterocycles. The van der Waals surface area contributed by atoms with Crippen molar-refractivity contribution in [2.45, 2.75) is 36.2 Å². The van der Waals surface area contributed by atoms with Crippen molar-refractivity contribution in [1.29, 1.82) is 0 Å².